The SMILES string of the molecule is CC[C@H](NC(=O)CCCc1cccs1)c1ncnn1CC. The molecule has 6 heteroatoms. The first-order valence-electron chi connectivity index (χ1n) is 7.44. The summed E-state index contributed by atoms with van der Waals surface area (Å²) in [5.74, 6) is 0.927. The molecule has 1 N–H and O–H groups in total. The molecule has 0 aliphatic rings. The van der Waals surface area contributed by atoms with Gasteiger partial charge in [0.15, 0.2) is 0 Å². The second kappa shape index (κ2) is 7.93. The average Bonchev–Trinajstić information content (AvgIpc) is 3.15. The van der Waals surface area contributed by atoms with Gasteiger partial charge in [0.1, 0.15) is 12.2 Å². The Morgan fingerprint density at radius 2 is 2.33 bits per heavy atom. The number of aromatic nitrogens is 3. The Morgan fingerprint density at radius 1 is 1.48 bits per heavy atom. The summed E-state index contributed by atoms with van der Waals surface area (Å²) in [6.07, 6.45) is 4.75. The van der Waals surface area contributed by atoms with Crippen molar-refractivity contribution in [3.63, 3.8) is 0 Å². The molecule has 2 aromatic rings. The zero-order valence-electron chi connectivity index (χ0n) is 12.6. The molecule has 1 amide bonds. The number of aryl methyl sites for hydroxylation is 2. The summed E-state index contributed by atoms with van der Waals surface area (Å²) < 4.78 is 1.83. The van der Waals surface area contributed by atoms with E-state index in [1.165, 1.54) is 4.88 Å². The molecule has 0 spiro atoms. The Bertz CT molecular complexity index is 550. The highest BCUT2D eigenvalue weighted by molar-refractivity contribution is 7.09. The molecule has 0 aliphatic carbocycles. The summed E-state index contributed by atoms with van der Waals surface area (Å²) >= 11 is 1.74. The summed E-state index contributed by atoms with van der Waals surface area (Å²) in [7, 11) is 0. The fourth-order valence-electron chi connectivity index (χ4n) is 2.28. The standard InChI is InChI=1S/C15H22N4OS/c1-3-13(15-16-11-17-19(15)4-2)18-14(20)9-5-7-12-8-6-10-21-12/h6,8,10-11,13H,3-5,7,9H2,1-2H3,(H,18,20)/t13-/m0/s1. The van der Waals surface area contributed by atoms with Gasteiger partial charge in [-0.1, -0.05) is 13.0 Å². The lowest BCUT2D eigenvalue weighted by Crippen LogP contribution is -2.30. The highest BCUT2D eigenvalue weighted by atomic mass is 32.1. The second-order valence-corrected chi connectivity index (χ2v) is 5.93. The van der Waals surface area contributed by atoms with Crippen LogP contribution in [0.4, 0.5) is 0 Å². The summed E-state index contributed by atoms with van der Waals surface area (Å²) in [4.78, 5) is 17.7. The quantitative estimate of drug-likeness (QED) is 0.815. The van der Waals surface area contributed by atoms with E-state index in [1.54, 1.807) is 17.7 Å². The first-order valence-corrected chi connectivity index (χ1v) is 8.32. The lowest BCUT2D eigenvalue weighted by atomic mass is 10.1. The largest absolute Gasteiger partial charge is 0.346 e. The van der Waals surface area contributed by atoms with Gasteiger partial charge >= 0.3 is 0 Å². The van der Waals surface area contributed by atoms with Gasteiger partial charge in [-0.3, -0.25) is 4.79 Å². The van der Waals surface area contributed by atoms with E-state index >= 15 is 0 Å². The van der Waals surface area contributed by atoms with Crippen molar-refractivity contribution in [1.82, 2.24) is 20.1 Å². The van der Waals surface area contributed by atoms with Gasteiger partial charge < -0.3 is 5.32 Å². The lowest BCUT2D eigenvalue weighted by Gasteiger charge is -2.16. The van der Waals surface area contributed by atoms with E-state index in [9.17, 15) is 4.79 Å². The van der Waals surface area contributed by atoms with E-state index in [4.69, 9.17) is 0 Å². The van der Waals surface area contributed by atoms with Crippen LogP contribution in [0.5, 0.6) is 0 Å². The molecule has 0 bridgehead atoms. The Labute approximate surface area is 129 Å². The van der Waals surface area contributed by atoms with E-state index in [-0.39, 0.29) is 11.9 Å². The van der Waals surface area contributed by atoms with Crippen molar-refractivity contribution in [3.05, 3.63) is 34.5 Å². The maximum Gasteiger partial charge on any atom is 0.220 e. The molecule has 0 aliphatic heterocycles. The number of nitrogens with zero attached hydrogens (tertiary/aromatic N) is 3. The van der Waals surface area contributed by atoms with Crippen LogP contribution >= 0.6 is 11.3 Å². The Kier molecular flexibility index (Phi) is 5.92. The van der Waals surface area contributed by atoms with Gasteiger partial charge in [-0.15, -0.1) is 11.3 Å². The van der Waals surface area contributed by atoms with Crippen LogP contribution in [0, 0.1) is 0 Å². The molecule has 5 nitrogen and oxygen atoms in total. The second-order valence-electron chi connectivity index (χ2n) is 4.90. The Balaban J connectivity index is 1.82. The number of hydrogen-bond donors (Lipinski definition) is 1. The van der Waals surface area contributed by atoms with Crippen molar-refractivity contribution < 1.29 is 4.79 Å². The summed E-state index contributed by atoms with van der Waals surface area (Å²) in [6.45, 7) is 4.83. The van der Waals surface area contributed by atoms with Crippen molar-refractivity contribution in [3.8, 4) is 0 Å². The fraction of sp³-hybridized carbons (Fsp3) is 0.533. The van der Waals surface area contributed by atoms with Crippen molar-refractivity contribution in [1.29, 1.82) is 0 Å². The number of carbonyl (C=O) groups is 1. The first-order chi connectivity index (χ1) is 10.2. The van der Waals surface area contributed by atoms with Gasteiger partial charge in [0.25, 0.3) is 0 Å². The molecular formula is C15H22N4OS. The number of carbonyl (C=O) groups excluding carboxylic acids is 1. The average molecular weight is 306 g/mol. The molecule has 114 valence electrons. The fourth-order valence-corrected chi connectivity index (χ4v) is 3.03. The van der Waals surface area contributed by atoms with Crippen molar-refractivity contribution in [2.24, 2.45) is 0 Å². The third kappa shape index (κ3) is 4.39. The maximum atomic E-state index is 12.1. The van der Waals surface area contributed by atoms with E-state index < -0.39 is 0 Å². The molecule has 21 heavy (non-hydrogen) atoms. The molecule has 1 atom stereocenters. The zero-order valence-corrected chi connectivity index (χ0v) is 13.4. The van der Waals surface area contributed by atoms with Crippen LogP contribution in [-0.4, -0.2) is 20.7 Å². The minimum absolute atomic E-state index is 0.0540. The van der Waals surface area contributed by atoms with Crippen LogP contribution in [-0.2, 0) is 17.8 Å². The van der Waals surface area contributed by atoms with Gasteiger partial charge in [0.05, 0.1) is 6.04 Å². The third-order valence-corrected chi connectivity index (χ3v) is 4.34. The minimum Gasteiger partial charge on any atom is -0.346 e. The molecule has 0 aromatic carbocycles. The van der Waals surface area contributed by atoms with Gasteiger partial charge in [-0.2, -0.15) is 5.10 Å². The maximum absolute atomic E-state index is 12.1. The highest BCUT2D eigenvalue weighted by Crippen LogP contribution is 2.15. The topological polar surface area (TPSA) is 59.8 Å². The molecule has 0 radical (unpaired) electrons. The number of amides is 1. The molecular weight excluding hydrogens is 284 g/mol. The van der Waals surface area contributed by atoms with E-state index in [0.717, 1.165) is 31.6 Å². The van der Waals surface area contributed by atoms with Gasteiger partial charge in [0, 0.05) is 17.8 Å². The van der Waals surface area contributed by atoms with E-state index in [2.05, 4.69) is 26.8 Å². The Hall–Kier alpha value is -1.69. The molecule has 2 aromatic heterocycles. The molecule has 0 unspecified atom stereocenters. The summed E-state index contributed by atoms with van der Waals surface area (Å²) in [6, 6.07) is 4.10. The molecule has 2 heterocycles. The molecule has 2 rings (SSSR count). The number of thiophene rings is 1. The molecule has 0 fully saturated rings. The van der Waals surface area contributed by atoms with Crippen LogP contribution in [0.25, 0.3) is 0 Å². The summed E-state index contributed by atoms with van der Waals surface area (Å²) in [5.41, 5.74) is 0. The Morgan fingerprint density at radius 3 is 3.00 bits per heavy atom. The number of hydrogen-bond acceptors (Lipinski definition) is 4. The summed E-state index contributed by atoms with van der Waals surface area (Å²) in [5, 5.41) is 9.30. The number of rotatable bonds is 8. The van der Waals surface area contributed by atoms with Crippen molar-refractivity contribution >= 4 is 17.2 Å². The van der Waals surface area contributed by atoms with Crippen LogP contribution < -0.4 is 5.32 Å². The van der Waals surface area contributed by atoms with Gasteiger partial charge in [0.2, 0.25) is 5.91 Å². The number of nitrogens with one attached hydrogen (secondary N) is 1. The predicted octanol–water partition coefficient (Wildman–Crippen LogP) is 2.95. The third-order valence-electron chi connectivity index (χ3n) is 3.41. The van der Waals surface area contributed by atoms with Crippen LogP contribution in [0.3, 0.4) is 0 Å². The first kappa shape index (κ1) is 15.7. The minimum atomic E-state index is -0.0540. The van der Waals surface area contributed by atoms with Crippen molar-refractivity contribution in [2.45, 2.75) is 52.1 Å². The monoisotopic (exact) mass is 306 g/mol. The molecule has 0 saturated carbocycles. The van der Waals surface area contributed by atoms with Gasteiger partial charge in [-0.05, 0) is 37.6 Å². The highest BCUT2D eigenvalue weighted by Gasteiger charge is 2.17. The van der Waals surface area contributed by atoms with Crippen LogP contribution in [0.15, 0.2) is 23.8 Å². The zero-order chi connectivity index (χ0) is 15.1. The van der Waals surface area contributed by atoms with Crippen molar-refractivity contribution in [2.75, 3.05) is 0 Å². The van der Waals surface area contributed by atoms with E-state index in [0.29, 0.717) is 6.42 Å². The van der Waals surface area contributed by atoms with Crippen LogP contribution in [0.2, 0.25) is 0 Å². The lowest BCUT2D eigenvalue weighted by molar-refractivity contribution is -0.122. The smallest absolute Gasteiger partial charge is 0.220 e. The van der Waals surface area contributed by atoms with E-state index in [1.807, 2.05) is 24.6 Å². The van der Waals surface area contributed by atoms with Crippen LogP contribution in [0.1, 0.15) is 49.9 Å². The normalized spacial score (nSPS) is 12.3. The van der Waals surface area contributed by atoms with Gasteiger partial charge in [-0.25, -0.2) is 9.67 Å². The molecule has 0 saturated heterocycles. The predicted molar refractivity (Wildman–Crippen MR) is 84.1 cm³/mol.